The molecule has 0 saturated carbocycles. The zero-order chi connectivity index (χ0) is 24.0. The predicted octanol–water partition coefficient (Wildman–Crippen LogP) is 4.09. The number of aromatic nitrogens is 2. The number of amides is 2. The van der Waals surface area contributed by atoms with Crippen LogP contribution < -0.4 is 5.32 Å². The molecule has 1 aromatic heterocycles. The Labute approximate surface area is 195 Å². The predicted molar refractivity (Wildman–Crippen MR) is 129 cm³/mol. The third-order valence-electron chi connectivity index (χ3n) is 5.16. The molecule has 0 spiro atoms. The summed E-state index contributed by atoms with van der Waals surface area (Å²) in [5, 5.41) is 7.72. The van der Waals surface area contributed by atoms with Crippen LogP contribution in [0.3, 0.4) is 0 Å². The summed E-state index contributed by atoms with van der Waals surface area (Å²) in [6.45, 7) is 8.38. The van der Waals surface area contributed by atoms with Crippen molar-refractivity contribution in [2.45, 2.75) is 39.7 Å². The molecule has 33 heavy (non-hydrogen) atoms. The molecule has 0 saturated heterocycles. The summed E-state index contributed by atoms with van der Waals surface area (Å²) in [6.07, 6.45) is 0. The molecule has 3 aromatic rings. The van der Waals surface area contributed by atoms with Gasteiger partial charge in [-0.15, -0.1) is 0 Å². The molecule has 0 radical (unpaired) electrons. The van der Waals surface area contributed by atoms with Gasteiger partial charge in [0.15, 0.2) is 0 Å². The molecule has 7 nitrogen and oxygen atoms in total. The zero-order valence-corrected chi connectivity index (χ0v) is 20.0. The Morgan fingerprint density at radius 3 is 2.42 bits per heavy atom. The Hall–Kier alpha value is -3.45. The maximum atomic E-state index is 13.0. The number of carbonyl (C=O) groups excluding carboxylic acids is 2. The standard InChI is InChI=1S/C26H32N4O3/c1-19-10-9-13-21(14-19)30-23(15-22(28-30)26(2,3)4)27-24(31)17-29(25(32)18-33-5)16-20-11-7-6-8-12-20/h6-15H,16-18H2,1-5H3,(H,27,31). The summed E-state index contributed by atoms with van der Waals surface area (Å²) in [5.41, 5.74) is 3.56. The van der Waals surface area contributed by atoms with Gasteiger partial charge >= 0.3 is 0 Å². The molecule has 0 unspecified atom stereocenters. The van der Waals surface area contributed by atoms with E-state index in [1.165, 1.54) is 12.0 Å². The fourth-order valence-electron chi connectivity index (χ4n) is 3.40. The molecule has 2 aromatic carbocycles. The number of rotatable bonds is 8. The van der Waals surface area contributed by atoms with E-state index in [1.54, 1.807) is 4.68 Å². The average molecular weight is 449 g/mol. The molecule has 1 heterocycles. The van der Waals surface area contributed by atoms with E-state index in [2.05, 4.69) is 26.1 Å². The average Bonchev–Trinajstić information content (AvgIpc) is 3.18. The number of nitrogens with zero attached hydrogens (tertiary/aromatic N) is 3. The number of anilines is 1. The quantitative estimate of drug-likeness (QED) is 0.563. The lowest BCUT2D eigenvalue weighted by atomic mass is 9.92. The summed E-state index contributed by atoms with van der Waals surface area (Å²) in [4.78, 5) is 27.1. The lowest BCUT2D eigenvalue weighted by Crippen LogP contribution is -2.39. The third kappa shape index (κ3) is 6.52. The van der Waals surface area contributed by atoms with Gasteiger partial charge in [-0.2, -0.15) is 5.10 Å². The number of benzene rings is 2. The van der Waals surface area contributed by atoms with Crippen molar-refractivity contribution in [3.63, 3.8) is 0 Å². The van der Waals surface area contributed by atoms with E-state index in [4.69, 9.17) is 9.84 Å². The minimum absolute atomic E-state index is 0.0878. The van der Waals surface area contributed by atoms with Gasteiger partial charge in [0.05, 0.1) is 11.4 Å². The second kappa shape index (κ2) is 10.4. The van der Waals surface area contributed by atoms with E-state index in [-0.39, 0.29) is 30.4 Å². The van der Waals surface area contributed by atoms with Gasteiger partial charge in [0.1, 0.15) is 19.0 Å². The first kappa shape index (κ1) is 24.2. The third-order valence-corrected chi connectivity index (χ3v) is 5.16. The number of carbonyl (C=O) groups is 2. The Morgan fingerprint density at radius 2 is 1.79 bits per heavy atom. The molecule has 0 atom stereocenters. The van der Waals surface area contributed by atoms with E-state index in [9.17, 15) is 9.59 Å². The number of aryl methyl sites for hydroxylation is 1. The van der Waals surface area contributed by atoms with E-state index >= 15 is 0 Å². The monoisotopic (exact) mass is 448 g/mol. The minimum Gasteiger partial charge on any atom is -0.375 e. The van der Waals surface area contributed by atoms with Crippen molar-refractivity contribution in [1.29, 1.82) is 0 Å². The Morgan fingerprint density at radius 1 is 1.06 bits per heavy atom. The normalized spacial score (nSPS) is 11.3. The highest BCUT2D eigenvalue weighted by molar-refractivity contribution is 5.94. The molecule has 1 N–H and O–H groups in total. The number of methoxy groups -OCH3 is 1. The Balaban J connectivity index is 1.85. The first-order valence-corrected chi connectivity index (χ1v) is 11.0. The van der Waals surface area contributed by atoms with Crippen LogP contribution in [0.5, 0.6) is 0 Å². The fraction of sp³-hybridized carbons (Fsp3) is 0.346. The highest BCUT2D eigenvalue weighted by Gasteiger charge is 2.23. The summed E-state index contributed by atoms with van der Waals surface area (Å²) in [7, 11) is 1.47. The van der Waals surface area contributed by atoms with Gasteiger partial charge < -0.3 is 15.0 Å². The lowest BCUT2D eigenvalue weighted by molar-refractivity contribution is -0.138. The SMILES string of the molecule is COCC(=O)N(CC(=O)Nc1cc(C(C)(C)C)nn1-c1cccc(C)c1)Cc1ccccc1. The Bertz CT molecular complexity index is 1100. The van der Waals surface area contributed by atoms with Crippen molar-refractivity contribution >= 4 is 17.6 Å². The van der Waals surface area contributed by atoms with Crippen LogP contribution in [0.2, 0.25) is 0 Å². The van der Waals surface area contributed by atoms with E-state index in [0.29, 0.717) is 12.4 Å². The largest absolute Gasteiger partial charge is 0.375 e. The highest BCUT2D eigenvalue weighted by atomic mass is 16.5. The minimum atomic E-state index is -0.301. The lowest BCUT2D eigenvalue weighted by Gasteiger charge is -2.22. The Kier molecular flexibility index (Phi) is 7.66. The number of hydrogen-bond acceptors (Lipinski definition) is 4. The van der Waals surface area contributed by atoms with Crippen LogP contribution in [0.4, 0.5) is 5.82 Å². The first-order chi connectivity index (χ1) is 15.7. The molecule has 174 valence electrons. The van der Waals surface area contributed by atoms with Crippen molar-refractivity contribution < 1.29 is 14.3 Å². The van der Waals surface area contributed by atoms with Crippen LogP contribution in [-0.4, -0.2) is 46.8 Å². The number of ether oxygens (including phenoxy) is 1. The summed E-state index contributed by atoms with van der Waals surface area (Å²) >= 11 is 0. The van der Waals surface area contributed by atoms with Crippen LogP contribution in [0.15, 0.2) is 60.7 Å². The molecule has 0 aliphatic rings. The maximum absolute atomic E-state index is 13.0. The molecule has 0 aliphatic carbocycles. The second-order valence-electron chi connectivity index (χ2n) is 9.13. The second-order valence-corrected chi connectivity index (χ2v) is 9.13. The van der Waals surface area contributed by atoms with Crippen molar-refractivity contribution in [2.24, 2.45) is 0 Å². The van der Waals surface area contributed by atoms with Crippen LogP contribution in [-0.2, 0) is 26.3 Å². The molecule has 2 amide bonds. The smallest absolute Gasteiger partial charge is 0.249 e. The molecule has 0 aliphatic heterocycles. The van der Waals surface area contributed by atoms with Crippen molar-refractivity contribution in [3.8, 4) is 5.69 Å². The van der Waals surface area contributed by atoms with Crippen molar-refractivity contribution in [2.75, 3.05) is 25.6 Å². The topological polar surface area (TPSA) is 76.5 Å². The molecule has 7 heteroatoms. The molecule has 0 fully saturated rings. The van der Waals surface area contributed by atoms with E-state index < -0.39 is 0 Å². The van der Waals surface area contributed by atoms with Gasteiger partial charge in [0.25, 0.3) is 0 Å². The van der Waals surface area contributed by atoms with Gasteiger partial charge in [-0.1, -0.05) is 63.2 Å². The summed E-state index contributed by atoms with van der Waals surface area (Å²) in [5.74, 6) is 0.0121. The molecule has 0 bridgehead atoms. The van der Waals surface area contributed by atoms with Crippen molar-refractivity contribution in [1.82, 2.24) is 14.7 Å². The van der Waals surface area contributed by atoms with Gasteiger partial charge in [-0.25, -0.2) is 4.68 Å². The summed E-state index contributed by atoms with van der Waals surface area (Å²) < 4.78 is 6.75. The van der Waals surface area contributed by atoms with Gasteiger partial charge in [0, 0.05) is 25.1 Å². The zero-order valence-electron chi connectivity index (χ0n) is 20.0. The number of nitrogens with one attached hydrogen (secondary N) is 1. The molecular formula is C26H32N4O3. The maximum Gasteiger partial charge on any atom is 0.249 e. The fourth-order valence-corrected chi connectivity index (χ4v) is 3.40. The molecular weight excluding hydrogens is 416 g/mol. The summed E-state index contributed by atoms with van der Waals surface area (Å²) in [6, 6.07) is 19.4. The van der Waals surface area contributed by atoms with Crippen LogP contribution >= 0.6 is 0 Å². The van der Waals surface area contributed by atoms with Gasteiger partial charge in [-0.05, 0) is 30.2 Å². The van der Waals surface area contributed by atoms with E-state index in [1.807, 2.05) is 67.6 Å². The van der Waals surface area contributed by atoms with Crippen LogP contribution in [0.25, 0.3) is 5.69 Å². The van der Waals surface area contributed by atoms with Gasteiger partial charge in [-0.3, -0.25) is 9.59 Å². The number of hydrogen-bond donors (Lipinski definition) is 1. The highest BCUT2D eigenvalue weighted by Crippen LogP contribution is 2.26. The van der Waals surface area contributed by atoms with Crippen LogP contribution in [0, 0.1) is 6.92 Å². The molecule has 3 rings (SSSR count). The van der Waals surface area contributed by atoms with Crippen LogP contribution in [0.1, 0.15) is 37.6 Å². The van der Waals surface area contributed by atoms with Gasteiger partial charge in [0.2, 0.25) is 11.8 Å². The first-order valence-electron chi connectivity index (χ1n) is 11.0. The van der Waals surface area contributed by atoms with Crippen molar-refractivity contribution in [3.05, 3.63) is 77.5 Å². The van der Waals surface area contributed by atoms with E-state index in [0.717, 1.165) is 22.5 Å².